The topological polar surface area (TPSA) is 117 Å². The molecule has 0 saturated carbocycles. The molecular weight excluding hydrogens is 436 g/mol. The van der Waals surface area contributed by atoms with Crippen molar-refractivity contribution in [2.75, 3.05) is 24.3 Å². The number of carbonyl (C=O) groups excluding carboxylic acids is 4. The summed E-state index contributed by atoms with van der Waals surface area (Å²) in [5.41, 5.74) is 0.367. The Kier molecular flexibility index (Phi) is 7.55. The summed E-state index contributed by atoms with van der Waals surface area (Å²) >= 11 is 0. The lowest BCUT2D eigenvalue weighted by Crippen LogP contribution is -2.44. The molecule has 34 heavy (non-hydrogen) atoms. The lowest BCUT2D eigenvalue weighted by atomic mass is 9.92. The first-order chi connectivity index (χ1) is 16.1. The van der Waals surface area contributed by atoms with Gasteiger partial charge in [0.2, 0.25) is 5.91 Å². The van der Waals surface area contributed by atoms with Crippen LogP contribution < -0.4 is 20.7 Å². The lowest BCUT2D eigenvalue weighted by molar-refractivity contribution is -0.133. The van der Waals surface area contributed by atoms with Gasteiger partial charge in [-0.25, -0.2) is 4.79 Å². The molecule has 3 rings (SSSR count). The van der Waals surface area contributed by atoms with Gasteiger partial charge >= 0.3 is 6.03 Å². The predicted octanol–water partition coefficient (Wildman–Crippen LogP) is 3.63. The van der Waals surface area contributed by atoms with E-state index in [2.05, 4.69) is 16.0 Å². The van der Waals surface area contributed by atoms with Crippen LogP contribution in [0.15, 0.2) is 48.5 Å². The molecule has 0 bridgehead atoms. The zero-order valence-corrected chi connectivity index (χ0v) is 19.8. The Bertz CT molecular complexity index is 1080. The van der Waals surface area contributed by atoms with E-state index in [1.54, 1.807) is 55.5 Å². The molecule has 9 heteroatoms. The fraction of sp³-hybridized carbons (Fsp3) is 0.360. The number of hydrogen-bond donors (Lipinski definition) is 3. The Morgan fingerprint density at radius 1 is 1.06 bits per heavy atom. The zero-order chi connectivity index (χ0) is 24.9. The average Bonchev–Trinajstić information content (AvgIpc) is 3.01. The fourth-order valence-electron chi connectivity index (χ4n) is 3.63. The molecule has 9 nitrogen and oxygen atoms in total. The van der Waals surface area contributed by atoms with Crippen LogP contribution in [0.25, 0.3) is 0 Å². The van der Waals surface area contributed by atoms with Crippen molar-refractivity contribution in [1.82, 2.24) is 10.2 Å². The van der Waals surface area contributed by atoms with Gasteiger partial charge in [-0.2, -0.15) is 0 Å². The molecule has 1 atom stereocenters. The van der Waals surface area contributed by atoms with Crippen LogP contribution in [0.5, 0.6) is 5.75 Å². The van der Waals surface area contributed by atoms with Gasteiger partial charge in [-0.05, 0) is 62.1 Å². The van der Waals surface area contributed by atoms with Crippen molar-refractivity contribution in [1.29, 1.82) is 0 Å². The summed E-state index contributed by atoms with van der Waals surface area (Å²) in [6.45, 7) is 5.38. The molecule has 1 aliphatic heterocycles. The lowest BCUT2D eigenvalue weighted by Gasteiger charge is -2.22. The second-order valence-electron chi connectivity index (χ2n) is 8.87. The average molecular weight is 467 g/mol. The van der Waals surface area contributed by atoms with Gasteiger partial charge < -0.3 is 20.7 Å². The minimum atomic E-state index is -1.00. The van der Waals surface area contributed by atoms with E-state index < -0.39 is 29.9 Å². The Balaban J connectivity index is 1.58. The largest absolute Gasteiger partial charge is 0.495 e. The van der Waals surface area contributed by atoms with E-state index >= 15 is 0 Å². The van der Waals surface area contributed by atoms with Crippen LogP contribution >= 0.6 is 0 Å². The number of rotatable bonds is 9. The first kappa shape index (κ1) is 24.8. The Morgan fingerprint density at radius 2 is 1.74 bits per heavy atom. The monoisotopic (exact) mass is 466 g/mol. The number of para-hydroxylation sites is 2. The van der Waals surface area contributed by atoms with Crippen molar-refractivity contribution in [2.24, 2.45) is 5.92 Å². The molecule has 3 N–H and O–H groups in total. The number of imide groups is 1. The molecule has 1 saturated heterocycles. The van der Waals surface area contributed by atoms with Crippen LogP contribution in [0.3, 0.4) is 0 Å². The molecule has 5 amide bonds. The standard InChI is InChI=1S/C25H30N4O5/c1-16(2)13-14-25(3)23(32)29(24(33)28-25)15-21(30)26-18-11-9-17(10-12-18)22(31)27-19-7-5-6-8-20(19)34-4/h5-12,16H,13-15H2,1-4H3,(H,26,30)(H,27,31)(H,28,33). The van der Waals surface area contributed by atoms with Crippen LogP contribution in [0.4, 0.5) is 16.2 Å². The fourth-order valence-corrected chi connectivity index (χ4v) is 3.63. The summed E-state index contributed by atoms with van der Waals surface area (Å²) in [5, 5.41) is 8.14. The zero-order valence-electron chi connectivity index (χ0n) is 19.8. The predicted molar refractivity (Wildman–Crippen MR) is 129 cm³/mol. The Hall–Kier alpha value is -3.88. The number of methoxy groups -OCH3 is 1. The molecule has 180 valence electrons. The first-order valence-corrected chi connectivity index (χ1v) is 11.1. The molecule has 2 aromatic rings. The summed E-state index contributed by atoms with van der Waals surface area (Å²) in [6.07, 6.45) is 1.28. The first-order valence-electron chi connectivity index (χ1n) is 11.1. The number of hydrogen-bond acceptors (Lipinski definition) is 5. The van der Waals surface area contributed by atoms with Crippen molar-refractivity contribution in [3.05, 3.63) is 54.1 Å². The van der Waals surface area contributed by atoms with Crippen LogP contribution in [-0.2, 0) is 9.59 Å². The van der Waals surface area contributed by atoms with Crippen molar-refractivity contribution in [2.45, 2.75) is 39.2 Å². The van der Waals surface area contributed by atoms with Crippen LogP contribution in [0.2, 0.25) is 0 Å². The van der Waals surface area contributed by atoms with Gasteiger partial charge in [-0.3, -0.25) is 19.3 Å². The molecular formula is C25H30N4O5. The number of amides is 5. The number of urea groups is 1. The van der Waals surface area contributed by atoms with E-state index in [4.69, 9.17) is 4.74 Å². The van der Waals surface area contributed by atoms with E-state index in [-0.39, 0.29) is 5.91 Å². The SMILES string of the molecule is COc1ccccc1NC(=O)c1ccc(NC(=O)CN2C(=O)NC(C)(CCC(C)C)C2=O)cc1. The third kappa shape index (κ3) is 5.72. The Morgan fingerprint density at radius 3 is 2.38 bits per heavy atom. The number of anilines is 2. The molecule has 0 spiro atoms. The molecule has 1 unspecified atom stereocenters. The maximum absolute atomic E-state index is 12.8. The molecule has 2 aromatic carbocycles. The van der Waals surface area contributed by atoms with E-state index in [1.807, 2.05) is 13.8 Å². The van der Waals surface area contributed by atoms with Crippen LogP contribution in [0.1, 0.15) is 44.0 Å². The molecule has 1 aliphatic rings. The highest BCUT2D eigenvalue weighted by Gasteiger charge is 2.47. The maximum Gasteiger partial charge on any atom is 0.325 e. The van der Waals surface area contributed by atoms with Gasteiger partial charge in [0.05, 0.1) is 12.8 Å². The van der Waals surface area contributed by atoms with E-state index in [0.29, 0.717) is 35.0 Å². The molecule has 0 radical (unpaired) electrons. The van der Waals surface area contributed by atoms with Gasteiger partial charge in [0.25, 0.3) is 11.8 Å². The van der Waals surface area contributed by atoms with Gasteiger partial charge in [-0.15, -0.1) is 0 Å². The van der Waals surface area contributed by atoms with Crippen molar-refractivity contribution < 1.29 is 23.9 Å². The smallest absolute Gasteiger partial charge is 0.325 e. The molecule has 1 fully saturated rings. The Labute approximate surface area is 198 Å². The van der Waals surface area contributed by atoms with Crippen molar-refractivity contribution >= 4 is 35.1 Å². The number of ether oxygens (including phenoxy) is 1. The van der Waals surface area contributed by atoms with Crippen molar-refractivity contribution in [3.8, 4) is 5.75 Å². The second kappa shape index (κ2) is 10.4. The molecule has 1 heterocycles. The summed E-state index contributed by atoms with van der Waals surface area (Å²) < 4.78 is 5.23. The minimum Gasteiger partial charge on any atom is -0.495 e. The number of nitrogens with zero attached hydrogens (tertiary/aromatic N) is 1. The van der Waals surface area contributed by atoms with E-state index in [0.717, 1.165) is 11.3 Å². The third-order valence-electron chi connectivity index (χ3n) is 5.65. The van der Waals surface area contributed by atoms with Gasteiger partial charge in [0.15, 0.2) is 0 Å². The summed E-state index contributed by atoms with van der Waals surface area (Å²) in [5.74, 6) is -0.318. The third-order valence-corrected chi connectivity index (χ3v) is 5.65. The summed E-state index contributed by atoms with van der Waals surface area (Å²) in [7, 11) is 1.52. The van der Waals surface area contributed by atoms with Crippen molar-refractivity contribution in [3.63, 3.8) is 0 Å². The number of nitrogens with one attached hydrogen (secondary N) is 3. The normalized spacial score (nSPS) is 17.5. The van der Waals surface area contributed by atoms with Crippen LogP contribution in [-0.4, -0.2) is 47.8 Å². The van der Waals surface area contributed by atoms with E-state index in [1.165, 1.54) is 7.11 Å². The highest BCUT2D eigenvalue weighted by molar-refractivity contribution is 6.10. The van der Waals surface area contributed by atoms with E-state index in [9.17, 15) is 19.2 Å². The molecule has 0 aliphatic carbocycles. The highest BCUT2D eigenvalue weighted by Crippen LogP contribution is 2.25. The maximum atomic E-state index is 12.8. The number of benzene rings is 2. The highest BCUT2D eigenvalue weighted by atomic mass is 16.5. The second-order valence-corrected chi connectivity index (χ2v) is 8.87. The van der Waals surface area contributed by atoms with Gasteiger partial charge in [-0.1, -0.05) is 26.0 Å². The summed E-state index contributed by atoms with van der Waals surface area (Å²) in [6, 6.07) is 12.8. The summed E-state index contributed by atoms with van der Waals surface area (Å²) in [4.78, 5) is 51.0. The molecule has 0 aromatic heterocycles. The van der Waals surface area contributed by atoms with Crippen LogP contribution in [0, 0.1) is 5.92 Å². The minimum absolute atomic E-state index is 0.331. The number of carbonyl (C=O) groups is 4. The quantitative estimate of drug-likeness (QED) is 0.488. The van der Waals surface area contributed by atoms with Gasteiger partial charge in [0.1, 0.15) is 17.8 Å². The van der Waals surface area contributed by atoms with Gasteiger partial charge in [0, 0.05) is 11.3 Å².